The zero-order valence-electron chi connectivity index (χ0n) is 16.4. The highest BCUT2D eigenvalue weighted by molar-refractivity contribution is 5.74. The number of aromatic amines is 1. The lowest BCUT2D eigenvalue weighted by atomic mass is 10.0. The zero-order valence-corrected chi connectivity index (χ0v) is 16.4. The molecule has 5 nitrogen and oxygen atoms in total. The molecule has 0 bridgehead atoms. The van der Waals surface area contributed by atoms with Crippen molar-refractivity contribution in [1.29, 1.82) is 0 Å². The second-order valence-electron chi connectivity index (χ2n) is 7.38. The summed E-state index contributed by atoms with van der Waals surface area (Å²) < 4.78 is 39.1. The van der Waals surface area contributed by atoms with Crippen molar-refractivity contribution < 1.29 is 18.3 Å². The molecule has 0 spiro atoms. The molecule has 1 atom stereocenters. The minimum atomic E-state index is -0.704. The number of H-pyrrole nitrogens is 1. The molecule has 2 aromatic carbocycles. The van der Waals surface area contributed by atoms with Crippen LogP contribution in [0.15, 0.2) is 42.5 Å². The topological polar surface area (TPSA) is 50.4 Å². The van der Waals surface area contributed by atoms with E-state index in [2.05, 4.69) is 21.9 Å². The molecule has 3 aromatic rings. The van der Waals surface area contributed by atoms with Crippen LogP contribution in [0.3, 0.4) is 0 Å². The fourth-order valence-electron chi connectivity index (χ4n) is 3.66. The third-order valence-corrected chi connectivity index (χ3v) is 5.25. The number of ether oxygens (including phenoxy) is 2. The summed E-state index contributed by atoms with van der Waals surface area (Å²) in [6, 6.07) is 12.1. The van der Waals surface area contributed by atoms with Crippen LogP contribution in [0, 0.1) is 5.82 Å². The van der Waals surface area contributed by atoms with Crippen molar-refractivity contribution in [1.82, 2.24) is 14.9 Å². The number of likely N-dealkylation sites (tertiary alicyclic amines) is 1. The number of benzene rings is 2. The molecule has 29 heavy (non-hydrogen) atoms. The molecule has 1 aromatic heterocycles. The second kappa shape index (κ2) is 8.88. The van der Waals surface area contributed by atoms with Gasteiger partial charge in [-0.15, -0.1) is 0 Å². The van der Waals surface area contributed by atoms with Crippen LogP contribution in [0.4, 0.5) is 8.78 Å². The molecule has 0 amide bonds. The standard InChI is InChI=1S/C22H25F2N3O2/c1-27-11-8-15(9-12-27)29-21(22-25-19-4-2-3-5-20(19)26-22)17-14-16(28-13-10-23)6-7-18(17)24/h2-7,14-15,21H,8-13H2,1H3,(H,25,26). The smallest absolute Gasteiger partial charge is 0.143 e. The van der Waals surface area contributed by atoms with E-state index in [9.17, 15) is 8.78 Å². The summed E-state index contributed by atoms with van der Waals surface area (Å²) >= 11 is 0. The first-order valence-corrected chi connectivity index (χ1v) is 9.91. The van der Waals surface area contributed by atoms with Gasteiger partial charge in [0.1, 0.15) is 36.8 Å². The highest BCUT2D eigenvalue weighted by Gasteiger charge is 2.28. The van der Waals surface area contributed by atoms with Gasteiger partial charge in [-0.3, -0.25) is 0 Å². The highest BCUT2D eigenvalue weighted by atomic mass is 19.1. The number of halogens is 2. The van der Waals surface area contributed by atoms with E-state index >= 15 is 0 Å². The number of hydrogen-bond acceptors (Lipinski definition) is 4. The lowest BCUT2D eigenvalue weighted by molar-refractivity contribution is -0.0277. The number of piperidine rings is 1. The van der Waals surface area contributed by atoms with E-state index in [-0.39, 0.29) is 12.7 Å². The van der Waals surface area contributed by atoms with Crippen molar-refractivity contribution in [2.45, 2.75) is 25.0 Å². The summed E-state index contributed by atoms with van der Waals surface area (Å²) in [6.07, 6.45) is 1.03. The van der Waals surface area contributed by atoms with Gasteiger partial charge in [0.2, 0.25) is 0 Å². The van der Waals surface area contributed by atoms with Gasteiger partial charge in [-0.2, -0.15) is 0 Å². The number of aromatic nitrogens is 2. The van der Waals surface area contributed by atoms with Crippen molar-refractivity contribution in [3.8, 4) is 5.75 Å². The number of para-hydroxylation sites is 2. The first-order valence-electron chi connectivity index (χ1n) is 9.91. The minimum absolute atomic E-state index is 0.000714. The predicted molar refractivity (Wildman–Crippen MR) is 107 cm³/mol. The molecule has 0 aliphatic carbocycles. The van der Waals surface area contributed by atoms with E-state index in [1.807, 2.05) is 24.3 Å². The van der Waals surface area contributed by atoms with Crippen molar-refractivity contribution >= 4 is 11.0 Å². The highest BCUT2D eigenvalue weighted by Crippen LogP contribution is 2.33. The van der Waals surface area contributed by atoms with Gasteiger partial charge in [-0.25, -0.2) is 13.8 Å². The third-order valence-electron chi connectivity index (χ3n) is 5.25. The molecule has 4 rings (SSSR count). The van der Waals surface area contributed by atoms with Crippen LogP contribution in [0.5, 0.6) is 5.75 Å². The van der Waals surface area contributed by atoms with E-state index in [1.165, 1.54) is 12.1 Å². The van der Waals surface area contributed by atoms with Gasteiger partial charge >= 0.3 is 0 Å². The van der Waals surface area contributed by atoms with Crippen molar-refractivity contribution in [3.63, 3.8) is 0 Å². The van der Waals surface area contributed by atoms with Gasteiger partial charge in [-0.05, 0) is 50.2 Å². The number of hydrogen-bond donors (Lipinski definition) is 1. The largest absolute Gasteiger partial charge is 0.491 e. The summed E-state index contributed by atoms with van der Waals surface area (Å²) in [6.45, 7) is 1.18. The molecular weight excluding hydrogens is 376 g/mol. The van der Waals surface area contributed by atoms with Crippen LogP contribution in [0.25, 0.3) is 11.0 Å². The van der Waals surface area contributed by atoms with E-state index in [0.717, 1.165) is 37.0 Å². The molecule has 0 saturated carbocycles. The number of alkyl halides is 1. The molecule has 1 fully saturated rings. The lowest BCUT2D eigenvalue weighted by Gasteiger charge is -2.31. The van der Waals surface area contributed by atoms with Gasteiger partial charge in [-0.1, -0.05) is 12.1 Å². The Bertz CT molecular complexity index is 921. The Labute approximate surface area is 168 Å². The van der Waals surface area contributed by atoms with E-state index in [4.69, 9.17) is 9.47 Å². The summed E-state index contributed by atoms with van der Waals surface area (Å²) in [5.41, 5.74) is 1.99. The Balaban J connectivity index is 1.69. The summed E-state index contributed by atoms with van der Waals surface area (Å²) in [4.78, 5) is 10.2. The minimum Gasteiger partial charge on any atom is -0.491 e. The van der Waals surface area contributed by atoms with Gasteiger partial charge in [0, 0.05) is 18.7 Å². The van der Waals surface area contributed by atoms with Crippen LogP contribution in [-0.4, -0.2) is 54.4 Å². The molecule has 2 heterocycles. The van der Waals surface area contributed by atoms with Gasteiger partial charge < -0.3 is 19.4 Å². The maximum absolute atomic E-state index is 14.8. The Morgan fingerprint density at radius 2 is 2.00 bits per heavy atom. The first kappa shape index (κ1) is 19.8. The quantitative estimate of drug-likeness (QED) is 0.643. The monoisotopic (exact) mass is 401 g/mol. The Morgan fingerprint density at radius 3 is 2.76 bits per heavy atom. The van der Waals surface area contributed by atoms with Crippen LogP contribution >= 0.6 is 0 Å². The van der Waals surface area contributed by atoms with Crippen molar-refractivity contribution in [2.75, 3.05) is 33.4 Å². The predicted octanol–water partition coefficient (Wildman–Crippen LogP) is 4.25. The normalized spacial score (nSPS) is 16.9. The van der Waals surface area contributed by atoms with Crippen LogP contribution < -0.4 is 4.74 Å². The number of fused-ring (bicyclic) bond motifs is 1. The number of nitrogens with one attached hydrogen (secondary N) is 1. The molecule has 1 aliphatic heterocycles. The van der Waals surface area contributed by atoms with Gasteiger partial charge in [0.25, 0.3) is 0 Å². The number of rotatable bonds is 7. The Kier molecular flexibility index (Phi) is 6.06. The summed E-state index contributed by atoms with van der Waals surface area (Å²) in [5, 5.41) is 0. The van der Waals surface area contributed by atoms with Gasteiger partial charge in [0.05, 0.1) is 17.1 Å². The number of imidazole rings is 1. The molecule has 1 N–H and O–H groups in total. The van der Waals surface area contributed by atoms with E-state index < -0.39 is 18.6 Å². The van der Waals surface area contributed by atoms with Gasteiger partial charge in [0.15, 0.2) is 0 Å². The molecule has 7 heteroatoms. The summed E-state index contributed by atoms with van der Waals surface area (Å²) in [7, 11) is 2.08. The fraction of sp³-hybridized carbons (Fsp3) is 0.409. The third kappa shape index (κ3) is 4.57. The number of nitrogens with zero attached hydrogens (tertiary/aromatic N) is 2. The molecule has 1 aliphatic rings. The van der Waals surface area contributed by atoms with Crippen LogP contribution in [-0.2, 0) is 4.74 Å². The Morgan fingerprint density at radius 1 is 1.21 bits per heavy atom. The molecule has 0 radical (unpaired) electrons. The average Bonchev–Trinajstić information content (AvgIpc) is 3.17. The van der Waals surface area contributed by atoms with Crippen LogP contribution in [0.1, 0.15) is 30.3 Å². The molecule has 1 unspecified atom stereocenters. The maximum atomic E-state index is 14.8. The first-order chi connectivity index (χ1) is 14.1. The molecule has 1 saturated heterocycles. The van der Waals surface area contributed by atoms with Crippen molar-refractivity contribution in [2.24, 2.45) is 0 Å². The fourth-order valence-corrected chi connectivity index (χ4v) is 3.66. The second-order valence-corrected chi connectivity index (χ2v) is 7.38. The van der Waals surface area contributed by atoms with E-state index in [0.29, 0.717) is 17.1 Å². The SMILES string of the molecule is CN1CCC(OC(c2nc3ccccc3[nH]2)c2cc(OCCF)ccc2F)CC1. The van der Waals surface area contributed by atoms with Crippen LogP contribution in [0.2, 0.25) is 0 Å². The van der Waals surface area contributed by atoms with E-state index in [1.54, 1.807) is 6.07 Å². The molecule has 154 valence electrons. The Hall–Kier alpha value is -2.51. The summed E-state index contributed by atoms with van der Waals surface area (Å²) in [5.74, 6) is 0.551. The molecular formula is C22H25F2N3O2. The zero-order chi connectivity index (χ0) is 20.2. The maximum Gasteiger partial charge on any atom is 0.143 e. The van der Waals surface area contributed by atoms with Crippen molar-refractivity contribution in [3.05, 3.63) is 59.7 Å². The average molecular weight is 401 g/mol. The lowest BCUT2D eigenvalue weighted by Crippen LogP contribution is -2.35.